The topological polar surface area (TPSA) is 115 Å². The minimum absolute atomic E-state index is 0.0108. The fraction of sp³-hybridized carbons (Fsp3) is 0.105. The lowest BCUT2D eigenvalue weighted by Gasteiger charge is -2.06. The zero-order chi connectivity index (χ0) is 21.8. The number of aromatic nitrogens is 2. The van der Waals surface area contributed by atoms with Gasteiger partial charge in [-0.1, -0.05) is 11.6 Å². The molecule has 0 atom stereocenters. The molecule has 1 aromatic heterocycles. The quantitative estimate of drug-likeness (QED) is 0.236. The summed E-state index contributed by atoms with van der Waals surface area (Å²) in [6, 6.07) is 8.09. The SMILES string of the molecule is COc1cc(OC)cc(-c2nnc(S/C(=C\c3cc(Cl)cc(I)c3O)C(=O)O)o2)c1. The van der Waals surface area contributed by atoms with Crippen LogP contribution in [0.2, 0.25) is 5.02 Å². The summed E-state index contributed by atoms with van der Waals surface area (Å²) >= 11 is 8.66. The molecule has 1 heterocycles. The molecule has 8 nitrogen and oxygen atoms in total. The van der Waals surface area contributed by atoms with Crippen molar-refractivity contribution in [3.63, 3.8) is 0 Å². The van der Waals surface area contributed by atoms with Gasteiger partial charge in [0.1, 0.15) is 22.2 Å². The summed E-state index contributed by atoms with van der Waals surface area (Å²) < 4.78 is 16.5. The van der Waals surface area contributed by atoms with Gasteiger partial charge in [-0.3, -0.25) is 0 Å². The van der Waals surface area contributed by atoms with Crippen molar-refractivity contribution in [3.05, 3.63) is 49.4 Å². The zero-order valence-corrected chi connectivity index (χ0v) is 19.3. The Kier molecular flexibility index (Phi) is 7.10. The van der Waals surface area contributed by atoms with Crippen LogP contribution in [0, 0.1) is 3.57 Å². The monoisotopic (exact) mass is 560 g/mol. The molecule has 2 aromatic carbocycles. The minimum atomic E-state index is -1.22. The van der Waals surface area contributed by atoms with Crippen LogP contribution in [-0.2, 0) is 4.79 Å². The van der Waals surface area contributed by atoms with E-state index < -0.39 is 5.97 Å². The predicted molar refractivity (Wildman–Crippen MR) is 120 cm³/mol. The molecule has 0 aliphatic carbocycles. The van der Waals surface area contributed by atoms with Crippen molar-refractivity contribution in [1.82, 2.24) is 10.2 Å². The number of thioether (sulfide) groups is 1. The van der Waals surface area contributed by atoms with Crippen LogP contribution < -0.4 is 9.47 Å². The van der Waals surface area contributed by atoms with E-state index in [1.54, 1.807) is 24.3 Å². The predicted octanol–water partition coefficient (Wildman–Crippen LogP) is 4.94. The minimum Gasteiger partial charge on any atom is -0.506 e. The molecule has 2 N–H and O–H groups in total. The number of carboxylic acids is 1. The number of aliphatic carboxylic acids is 1. The molecule has 0 radical (unpaired) electrons. The summed E-state index contributed by atoms with van der Waals surface area (Å²) in [5, 5.41) is 28.0. The molecule has 11 heteroatoms. The Hall–Kier alpha value is -2.44. The van der Waals surface area contributed by atoms with Crippen LogP contribution in [0.15, 0.2) is 44.9 Å². The third-order valence-corrected chi connectivity index (χ3v) is 5.65. The fourth-order valence-electron chi connectivity index (χ4n) is 2.36. The lowest BCUT2D eigenvalue weighted by molar-refractivity contribution is -0.131. The highest BCUT2D eigenvalue weighted by Gasteiger charge is 2.18. The maximum Gasteiger partial charge on any atom is 0.342 e. The van der Waals surface area contributed by atoms with E-state index in [-0.39, 0.29) is 27.3 Å². The van der Waals surface area contributed by atoms with Crippen LogP contribution >= 0.6 is 46.0 Å². The summed E-state index contributed by atoms with van der Waals surface area (Å²) in [6.45, 7) is 0. The van der Waals surface area contributed by atoms with Crippen molar-refractivity contribution in [3.8, 4) is 28.7 Å². The Bertz CT molecular complexity index is 1110. The van der Waals surface area contributed by atoms with Crippen LogP contribution in [0.5, 0.6) is 17.2 Å². The molecular formula is C19H14ClIN2O6S. The number of methoxy groups -OCH3 is 2. The number of halogens is 2. The first-order chi connectivity index (χ1) is 14.3. The molecule has 3 aromatic rings. The average Bonchev–Trinajstić information content (AvgIpc) is 3.19. The summed E-state index contributed by atoms with van der Waals surface area (Å²) in [5.74, 6) is -0.0615. The van der Waals surface area contributed by atoms with E-state index in [0.717, 1.165) is 11.8 Å². The van der Waals surface area contributed by atoms with Gasteiger partial charge in [-0.05, 0) is 64.7 Å². The first kappa shape index (κ1) is 22.2. The molecule has 0 saturated carbocycles. The van der Waals surface area contributed by atoms with Crippen LogP contribution in [0.3, 0.4) is 0 Å². The Morgan fingerprint density at radius 1 is 1.17 bits per heavy atom. The molecule has 30 heavy (non-hydrogen) atoms. The first-order valence-corrected chi connectivity index (χ1v) is 10.5. The Morgan fingerprint density at radius 2 is 1.83 bits per heavy atom. The third-order valence-electron chi connectivity index (χ3n) is 3.76. The maximum atomic E-state index is 11.7. The van der Waals surface area contributed by atoms with Gasteiger partial charge >= 0.3 is 5.97 Å². The van der Waals surface area contributed by atoms with Gasteiger partial charge in [0.2, 0.25) is 5.89 Å². The highest BCUT2D eigenvalue weighted by atomic mass is 127. The summed E-state index contributed by atoms with van der Waals surface area (Å²) in [5.41, 5.74) is 0.808. The number of carboxylic acid groups (broad SMARTS) is 1. The Morgan fingerprint density at radius 3 is 2.43 bits per heavy atom. The third kappa shape index (κ3) is 5.18. The van der Waals surface area contributed by atoms with Crippen molar-refractivity contribution in [2.24, 2.45) is 0 Å². The van der Waals surface area contributed by atoms with Gasteiger partial charge in [-0.2, -0.15) is 0 Å². The van der Waals surface area contributed by atoms with Gasteiger partial charge in [0.15, 0.2) is 0 Å². The molecule has 0 spiro atoms. The second-order valence-electron chi connectivity index (χ2n) is 5.72. The first-order valence-electron chi connectivity index (χ1n) is 8.18. The number of nitrogens with zero attached hydrogens (tertiary/aromatic N) is 2. The van der Waals surface area contributed by atoms with E-state index in [2.05, 4.69) is 10.2 Å². The lowest BCUT2D eigenvalue weighted by atomic mass is 10.2. The number of ether oxygens (including phenoxy) is 2. The smallest absolute Gasteiger partial charge is 0.342 e. The van der Waals surface area contributed by atoms with Crippen molar-refractivity contribution in [1.29, 1.82) is 0 Å². The van der Waals surface area contributed by atoms with Crippen LogP contribution in [0.25, 0.3) is 17.5 Å². The standard InChI is InChI=1S/C19H14ClIN2O6S/c1-27-12-4-10(5-13(8-12)28-2)17-22-23-19(29-17)30-15(18(25)26)6-9-3-11(20)7-14(21)16(9)24/h3-8,24H,1-2H3,(H,25,26)/b15-6-. The number of aromatic hydroxyl groups is 1. The van der Waals surface area contributed by atoms with Gasteiger partial charge in [0.25, 0.3) is 5.22 Å². The Labute approximate surface area is 194 Å². The lowest BCUT2D eigenvalue weighted by Crippen LogP contribution is -1.97. The number of phenolic OH excluding ortho intramolecular Hbond substituents is 1. The second kappa shape index (κ2) is 9.58. The number of hydrogen-bond acceptors (Lipinski definition) is 8. The number of benzene rings is 2. The molecule has 3 rings (SSSR count). The van der Waals surface area contributed by atoms with E-state index >= 15 is 0 Å². The molecule has 0 aliphatic heterocycles. The van der Waals surface area contributed by atoms with Gasteiger partial charge in [-0.15, -0.1) is 10.2 Å². The normalized spacial score (nSPS) is 11.4. The second-order valence-corrected chi connectivity index (χ2v) is 8.31. The molecule has 0 aliphatic rings. The van der Waals surface area contributed by atoms with Gasteiger partial charge in [0, 0.05) is 22.2 Å². The van der Waals surface area contributed by atoms with E-state index in [1.807, 2.05) is 22.6 Å². The summed E-state index contributed by atoms with van der Waals surface area (Å²) in [7, 11) is 3.04. The van der Waals surface area contributed by atoms with Crippen molar-refractivity contribution in [2.75, 3.05) is 14.2 Å². The molecule has 0 unspecified atom stereocenters. The van der Waals surface area contributed by atoms with Gasteiger partial charge in [-0.25, -0.2) is 4.79 Å². The van der Waals surface area contributed by atoms with Crippen molar-refractivity contribution in [2.45, 2.75) is 5.22 Å². The zero-order valence-electron chi connectivity index (χ0n) is 15.6. The molecule has 0 saturated heterocycles. The molecule has 156 valence electrons. The number of hydrogen-bond donors (Lipinski definition) is 2. The van der Waals surface area contributed by atoms with E-state index in [1.165, 1.54) is 26.4 Å². The van der Waals surface area contributed by atoms with Gasteiger partial charge in [0.05, 0.1) is 17.8 Å². The largest absolute Gasteiger partial charge is 0.506 e. The molecule has 0 amide bonds. The van der Waals surface area contributed by atoms with Crippen molar-refractivity contribution >= 4 is 58.0 Å². The highest BCUT2D eigenvalue weighted by Crippen LogP contribution is 2.35. The number of phenols is 1. The van der Waals surface area contributed by atoms with Crippen LogP contribution in [0.4, 0.5) is 0 Å². The highest BCUT2D eigenvalue weighted by molar-refractivity contribution is 14.1. The average molecular weight is 561 g/mol. The summed E-state index contributed by atoms with van der Waals surface area (Å²) in [6.07, 6.45) is 1.29. The maximum absolute atomic E-state index is 11.7. The van der Waals surface area contributed by atoms with E-state index in [9.17, 15) is 15.0 Å². The van der Waals surface area contributed by atoms with E-state index in [4.69, 9.17) is 25.5 Å². The van der Waals surface area contributed by atoms with Crippen LogP contribution in [0.1, 0.15) is 5.56 Å². The van der Waals surface area contributed by atoms with Crippen LogP contribution in [-0.4, -0.2) is 40.6 Å². The number of rotatable bonds is 7. The molecular weight excluding hydrogens is 547 g/mol. The van der Waals surface area contributed by atoms with E-state index in [0.29, 0.717) is 25.7 Å². The fourth-order valence-corrected chi connectivity index (χ4v) is 4.09. The van der Waals surface area contributed by atoms with Crippen molar-refractivity contribution < 1.29 is 28.9 Å². The van der Waals surface area contributed by atoms with Gasteiger partial charge < -0.3 is 24.1 Å². The molecule has 0 bridgehead atoms. The molecule has 0 fully saturated rings. The summed E-state index contributed by atoms with van der Waals surface area (Å²) in [4.78, 5) is 11.6. The number of carbonyl (C=O) groups is 1. The Balaban J connectivity index is 1.92.